The molecule has 2 aromatic rings. The van der Waals surface area contributed by atoms with Crippen LogP contribution in [0.2, 0.25) is 0 Å². The molecule has 1 amide bonds. The molecule has 1 aliphatic heterocycles. The number of piperazine rings is 1. The number of amides is 1. The van der Waals surface area contributed by atoms with E-state index in [1.165, 1.54) is 18.5 Å². The lowest BCUT2D eigenvalue weighted by molar-refractivity contribution is 0.0740. The molecular formula is C19H24FN5O. The van der Waals surface area contributed by atoms with Gasteiger partial charge in [0.2, 0.25) is 0 Å². The zero-order valence-corrected chi connectivity index (χ0v) is 15.2. The lowest BCUT2D eigenvalue weighted by Crippen LogP contribution is -2.49. The molecule has 0 radical (unpaired) electrons. The van der Waals surface area contributed by atoms with Crippen molar-refractivity contribution >= 4 is 17.4 Å². The summed E-state index contributed by atoms with van der Waals surface area (Å²) in [5.41, 5.74) is 1.38. The normalized spacial score (nSPS) is 14.6. The van der Waals surface area contributed by atoms with Crippen molar-refractivity contribution in [3.63, 3.8) is 0 Å². The first kappa shape index (κ1) is 18.1. The monoisotopic (exact) mass is 357 g/mol. The topological polar surface area (TPSA) is 61.4 Å². The van der Waals surface area contributed by atoms with Crippen molar-refractivity contribution in [3.05, 3.63) is 48.2 Å². The second-order valence-electron chi connectivity index (χ2n) is 6.82. The third-order valence-corrected chi connectivity index (χ3v) is 4.34. The summed E-state index contributed by atoms with van der Waals surface area (Å²) < 4.78 is 13.1. The fourth-order valence-electron chi connectivity index (χ4n) is 2.86. The predicted octanol–water partition coefficient (Wildman–Crippen LogP) is 2.65. The van der Waals surface area contributed by atoms with Gasteiger partial charge in [-0.1, -0.05) is 13.8 Å². The van der Waals surface area contributed by atoms with E-state index in [1.807, 2.05) is 0 Å². The molecule has 6 nitrogen and oxygen atoms in total. The van der Waals surface area contributed by atoms with Crippen LogP contribution in [0.3, 0.4) is 0 Å². The quantitative estimate of drug-likeness (QED) is 0.891. The minimum atomic E-state index is -0.242. The molecule has 1 N–H and O–H groups in total. The number of benzene rings is 1. The Balaban J connectivity index is 1.59. The van der Waals surface area contributed by atoms with Crippen LogP contribution in [0.15, 0.2) is 36.7 Å². The average Bonchev–Trinajstić information content (AvgIpc) is 2.67. The lowest BCUT2D eigenvalue weighted by atomic mass is 10.2. The summed E-state index contributed by atoms with van der Waals surface area (Å²) in [5.74, 6) is 0.831. The number of nitrogens with zero attached hydrogens (tertiary/aromatic N) is 4. The Morgan fingerprint density at radius 2 is 1.85 bits per heavy atom. The van der Waals surface area contributed by atoms with E-state index in [4.69, 9.17) is 0 Å². The first-order chi connectivity index (χ1) is 12.5. The summed E-state index contributed by atoms with van der Waals surface area (Å²) in [6.45, 7) is 7.65. The summed E-state index contributed by atoms with van der Waals surface area (Å²) in [6, 6.07) is 8.16. The summed E-state index contributed by atoms with van der Waals surface area (Å²) in [4.78, 5) is 25.0. The van der Waals surface area contributed by atoms with Crippen molar-refractivity contribution in [1.82, 2.24) is 14.9 Å². The molecule has 0 bridgehead atoms. The zero-order valence-electron chi connectivity index (χ0n) is 15.2. The van der Waals surface area contributed by atoms with E-state index in [1.54, 1.807) is 23.1 Å². The van der Waals surface area contributed by atoms with E-state index < -0.39 is 0 Å². The third kappa shape index (κ3) is 4.47. The van der Waals surface area contributed by atoms with E-state index in [0.717, 1.165) is 12.2 Å². The van der Waals surface area contributed by atoms with Crippen LogP contribution in [0.4, 0.5) is 15.9 Å². The van der Waals surface area contributed by atoms with Crippen molar-refractivity contribution in [3.8, 4) is 0 Å². The second kappa shape index (κ2) is 8.12. The van der Waals surface area contributed by atoms with Crippen molar-refractivity contribution in [1.29, 1.82) is 0 Å². The molecule has 1 saturated heterocycles. The smallest absolute Gasteiger partial charge is 0.272 e. The molecule has 2 heterocycles. The van der Waals surface area contributed by atoms with Crippen molar-refractivity contribution < 1.29 is 9.18 Å². The number of carbonyl (C=O) groups is 1. The van der Waals surface area contributed by atoms with Gasteiger partial charge in [0, 0.05) is 44.5 Å². The van der Waals surface area contributed by atoms with Crippen molar-refractivity contribution in [2.75, 3.05) is 42.9 Å². The number of halogens is 1. The van der Waals surface area contributed by atoms with E-state index in [9.17, 15) is 9.18 Å². The van der Waals surface area contributed by atoms with Gasteiger partial charge in [-0.2, -0.15) is 0 Å². The van der Waals surface area contributed by atoms with E-state index in [2.05, 4.69) is 34.0 Å². The summed E-state index contributed by atoms with van der Waals surface area (Å²) in [6.07, 6.45) is 1.42. The largest absolute Gasteiger partial charge is 0.370 e. The Kier molecular flexibility index (Phi) is 5.65. The van der Waals surface area contributed by atoms with E-state index in [-0.39, 0.29) is 11.7 Å². The van der Waals surface area contributed by atoms with Gasteiger partial charge in [-0.15, -0.1) is 0 Å². The molecule has 7 heteroatoms. The molecule has 26 heavy (non-hydrogen) atoms. The van der Waals surface area contributed by atoms with Crippen LogP contribution < -0.4 is 10.2 Å². The van der Waals surface area contributed by atoms with Gasteiger partial charge < -0.3 is 15.1 Å². The second-order valence-corrected chi connectivity index (χ2v) is 6.82. The molecule has 0 aliphatic carbocycles. The first-order valence-electron chi connectivity index (χ1n) is 8.88. The van der Waals surface area contributed by atoms with Crippen molar-refractivity contribution in [2.24, 2.45) is 5.92 Å². The number of hydrogen-bond acceptors (Lipinski definition) is 5. The van der Waals surface area contributed by atoms with Crippen LogP contribution in [-0.2, 0) is 0 Å². The number of anilines is 2. The number of aromatic nitrogens is 2. The Bertz CT molecular complexity index is 742. The minimum absolute atomic E-state index is 0.0845. The van der Waals surface area contributed by atoms with Crippen LogP contribution in [0, 0.1) is 11.7 Å². The molecule has 0 atom stereocenters. The fraction of sp³-hybridized carbons (Fsp3) is 0.421. The molecule has 1 fully saturated rings. The predicted molar refractivity (Wildman–Crippen MR) is 99.9 cm³/mol. The van der Waals surface area contributed by atoms with Gasteiger partial charge in [0.25, 0.3) is 5.91 Å². The van der Waals surface area contributed by atoms with Gasteiger partial charge in [-0.05, 0) is 30.2 Å². The number of nitrogens with one attached hydrogen (secondary N) is 1. The number of carbonyl (C=O) groups excluding carboxylic acids is 1. The van der Waals surface area contributed by atoms with Crippen LogP contribution in [-0.4, -0.2) is 53.5 Å². The highest BCUT2D eigenvalue weighted by molar-refractivity contribution is 5.93. The Hall–Kier alpha value is -2.70. The first-order valence-corrected chi connectivity index (χ1v) is 8.88. The summed E-state index contributed by atoms with van der Waals surface area (Å²) in [5, 5.41) is 3.21. The maximum Gasteiger partial charge on any atom is 0.272 e. The molecule has 0 unspecified atom stereocenters. The molecule has 1 aromatic heterocycles. The van der Waals surface area contributed by atoms with Crippen LogP contribution in [0.25, 0.3) is 0 Å². The highest BCUT2D eigenvalue weighted by Gasteiger charge is 2.23. The molecule has 1 aromatic carbocycles. The van der Waals surface area contributed by atoms with Crippen LogP contribution >= 0.6 is 0 Å². The molecule has 138 valence electrons. The fourth-order valence-corrected chi connectivity index (χ4v) is 2.86. The molecule has 3 rings (SSSR count). The highest BCUT2D eigenvalue weighted by Crippen LogP contribution is 2.18. The van der Waals surface area contributed by atoms with E-state index in [0.29, 0.717) is 43.6 Å². The minimum Gasteiger partial charge on any atom is -0.370 e. The highest BCUT2D eigenvalue weighted by atomic mass is 19.1. The van der Waals surface area contributed by atoms with Crippen LogP contribution in [0.5, 0.6) is 0 Å². The summed E-state index contributed by atoms with van der Waals surface area (Å²) >= 11 is 0. The summed E-state index contributed by atoms with van der Waals surface area (Å²) in [7, 11) is 0. The number of rotatable bonds is 5. The molecule has 1 aliphatic rings. The van der Waals surface area contributed by atoms with Gasteiger partial charge in [0.1, 0.15) is 23.7 Å². The van der Waals surface area contributed by atoms with Crippen LogP contribution in [0.1, 0.15) is 24.3 Å². The number of hydrogen-bond donors (Lipinski definition) is 1. The Morgan fingerprint density at radius 1 is 1.15 bits per heavy atom. The SMILES string of the molecule is CC(C)CNc1cc(C(=O)N2CCN(c3ccc(F)cc3)CC2)ncn1. The average molecular weight is 357 g/mol. The van der Waals surface area contributed by atoms with Gasteiger partial charge >= 0.3 is 0 Å². The van der Waals surface area contributed by atoms with E-state index >= 15 is 0 Å². The lowest BCUT2D eigenvalue weighted by Gasteiger charge is -2.36. The molecule has 0 saturated carbocycles. The van der Waals surface area contributed by atoms with Crippen molar-refractivity contribution in [2.45, 2.75) is 13.8 Å². The molecular weight excluding hydrogens is 333 g/mol. The maximum atomic E-state index is 13.1. The standard InChI is InChI=1S/C19H24FN5O/c1-14(2)12-21-18-11-17(22-13-23-18)19(26)25-9-7-24(8-10-25)16-5-3-15(20)4-6-16/h3-6,11,13-14H,7-10,12H2,1-2H3,(H,21,22,23). The van der Waals surface area contributed by atoms with Gasteiger partial charge in [0.05, 0.1) is 0 Å². The van der Waals surface area contributed by atoms with Gasteiger partial charge in [-0.25, -0.2) is 14.4 Å². The van der Waals surface area contributed by atoms with Gasteiger partial charge in [-0.3, -0.25) is 4.79 Å². The maximum absolute atomic E-state index is 13.1. The third-order valence-electron chi connectivity index (χ3n) is 4.34. The Labute approximate surface area is 153 Å². The Morgan fingerprint density at radius 3 is 2.50 bits per heavy atom. The molecule has 0 spiro atoms. The van der Waals surface area contributed by atoms with Gasteiger partial charge in [0.15, 0.2) is 0 Å². The zero-order chi connectivity index (χ0) is 18.5.